The van der Waals surface area contributed by atoms with Crippen LogP contribution in [0.1, 0.15) is 32.1 Å². The van der Waals surface area contributed by atoms with Gasteiger partial charge in [-0.2, -0.15) is 0 Å². The predicted molar refractivity (Wildman–Crippen MR) is 60.3 cm³/mol. The summed E-state index contributed by atoms with van der Waals surface area (Å²) in [5.41, 5.74) is -0.979. The normalized spacial score (nSPS) is 47.1. The maximum absolute atomic E-state index is 11.2. The van der Waals surface area contributed by atoms with Crippen LogP contribution in [0.25, 0.3) is 0 Å². The summed E-state index contributed by atoms with van der Waals surface area (Å²) in [6, 6.07) is 0. The van der Waals surface area contributed by atoms with Gasteiger partial charge in [0.05, 0.1) is 5.57 Å². The Morgan fingerprint density at radius 2 is 1.59 bits per heavy atom. The number of carboxylic acids is 1. The van der Waals surface area contributed by atoms with Crippen molar-refractivity contribution in [3.8, 4) is 0 Å². The largest absolute Gasteiger partial charge is 0.478 e. The maximum atomic E-state index is 11.2. The van der Waals surface area contributed by atoms with Gasteiger partial charge in [-0.15, -0.1) is 0 Å². The molecule has 0 saturated heterocycles. The number of hydrogen-bond acceptors (Lipinski definition) is 3. The van der Waals surface area contributed by atoms with Crippen LogP contribution in [0.3, 0.4) is 0 Å². The first-order valence-electron chi connectivity index (χ1n) is 6.33. The van der Waals surface area contributed by atoms with Crippen molar-refractivity contribution >= 4 is 5.97 Å². The lowest BCUT2D eigenvalue weighted by Crippen LogP contribution is -2.60. The van der Waals surface area contributed by atoms with E-state index in [-0.39, 0.29) is 17.4 Å². The molecule has 0 atom stereocenters. The van der Waals surface area contributed by atoms with Crippen LogP contribution in [0.15, 0.2) is 12.2 Å². The summed E-state index contributed by atoms with van der Waals surface area (Å²) < 4.78 is 0. The highest BCUT2D eigenvalue weighted by Crippen LogP contribution is 2.61. The van der Waals surface area contributed by atoms with Crippen LogP contribution in [-0.4, -0.2) is 21.9 Å². The third kappa shape index (κ3) is 1.34. The minimum Gasteiger partial charge on any atom is -0.478 e. The number of carbonyl (C=O) groups is 1. The number of carboxylic acid groups (broad SMARTS) is 1. The van der Waals surface area contributed by atoms with E-state index in [1.807, 2.05) is 0 Å². The summed E-state index contributed by atoms with van der Waals surface area (Å²) >= 11 is 0. The van der Waals surface area contributed by atoms with Crippen molar-refractivity contribution in [2.45, 2.75) is 37.7 Å². The van der Waals surface area contributed by atoms with Crippen LogP contribution < -0.4 is 0 Å². The monoisotopic (exact) mass is 238 g/mol. The molecule has 17 heavy (non-hydrogen) atoms. The molecular formula is C13H18O4. The van der Waals surface area contributed by atoms with Gasteiger partial charge in [0.2, 0.25) is 0 Å². The van der Waals surface area contributed by atoms with E-state index in [4.69, 9.17) is 4.89 Å². The van der Waals surface area contributed by atoms with Crippen LogP contribution >= 0.6 is 0 Å². The van der Waals surface area contributed by atoms with Gasteiger partial charge in [0, 0.05) is 0 Å². The molecule has 4 rings (SSSR count). The molecule has 4 aliphatic rings. The molecule has 0 amide bonds. The molecule has 0 spiro atoms. The highest BCUT2D eigenvalue weighted by atomic mass is 17.1. The van der Waals surface area contributed by atoms with E-state index in [2.05, 4.69) is 6.58 Å². The van der Waals surface area contributed by atoms with Gasteiger partial charge in [-0.05, 0) is 55.8 Å². The van der Waals surface area contributed by atoms with E-state index in [1.54, 1.807) is 0 Å². The Bertz CT molecular complexity index is 346. The van der Waals surface area contributed by atoms with Crippen molar-refractivity contribution in [3.63, 3.8) is 0 Å². The smallest absolute Gasteiger partial charge is 0.334 e. The molecule has 0 aromatic carbocycles. The Labute approximate surface area is 100 Å². The summed E-state index contributed by atoms with van der Waals surface area (Å²) in [5, 5.41) is 18.5. The second-order valence-corrected chi connectivity index (χ2v) is 5.97. The SMILES string of the molecule is C=C(C(=O)O)C1(OO)C2CC3CC(C2)CC1C3. The molecular weight excluding hydrogens is 220 g/mol. The molecule has 0 aromatic heterocycles. The zero-order chi connectivity index (χ0) is 12.2. The highest BCUT2D eigenvalue weighted by molar-refractivity contribution is 5.88. The minimum atomic E-state index is -1.05. The molecule has 0 aromatic rings. The molecule has 2 N–H and O–H groups in total. The second kappa shape index (κ2) is 3.56. The zero-order valence-corrected chi connectivity index (χ0v) is 9.76. The molecule has 4 fully saturated rings. The number of aliphatic carboxylic acids is 1. The predicted octanol–water partition coefficient (Wildman–Crippen LogP) is 2.31. The van der Waals surface area contributed by atoms with Crippen molar-refractivity contribution in [1.82, 2.24) is 0 Å². The Hall–Kier alpha value is -0.870. The molecule has 0 radical (unpaired) electrons. The van der Waals surface area contributed by atoms with Crippen LogP contribution in [-0.2, 0) is 9.68 Å². The van der Waals surface area contributed by atoms with E-state index in [9.17, 15) is 15.2 Å². The molecule has 4 heteroatoms. The average Bonchev–Trinajstić information content (AvgIpc) is 2.28. The molecule has 0 heterocycles. The van der Waals surface area contributed by atoms with Gasteiger partial charge < -0.3 is 5.11 Å². The van der Waals surface area contributed by atoms with E-state index >= 15 is 0 Å². The first kappa shape index (κ1) is 11.2. The topological polar surface area (TPSA) is 66.8 Å². The van der Waals surface area contributed by atoms with Gasteiger partial charge >= 0.3 is 5.97 Å². The van der Waals surface area contributed by atoms with E-state index in [0.29, 0.717) is 11.8 Å². The lowest BCUT2D eigenvalue weighted by atomic mass is 9.48. The van der Waals surface area contributed by atoms with Gasteiger partial charge in [0.15, 0.2) is 0 Å². The Morgan fingerprint density at radius 3 is 1.94 bits per heavy atom. The standard InChI is InChI=1S/C13H18O4/c1-7(12(14)15)13(17-16)10-3-8-2-9(5-10)6-11(13)4-8/h8-11,16H,1-6H2,(H,14,15). The fourth-order valence-electron chi connectivity index (χ4n) is 4.75. The van der Waals surface area contributed by atoms with Crippen molar-refractivity contribution in [1.29, 1.82) is 0 Å². The quantitative estimate of drug-likeness (QED) is 0.450. The molecule has 4 nitrogen and oxygen atoms in total. The summed E-state index contributed by atoms with van der Waals surface area (Å²) in [5.74, 6) is 0.607. The lowest BCUT2D eigenvalue weighted by molar-refractivity contribution is -0.361. The van der Waals surface area contributed by atoms with Gasteiger partial charge in [0.1, 0.15) is 5.60 Å². The van der Waals surface area contributed by atoms with Gasteiger partial charge in [-0.25, -0.2) is 9.68 Å². The zero-order valence-electron chi connectivity index (χ0n) is 9.76. The Kier molecular flexibility index (Phi) is 2.35. The van der Waals surface area contributed by atoms with E-state index < -0.39 is 11.6 Å². The number of rotatable bonds is 3. The first-order chi connectivity index (χ1) is 8.07. The van der Waals surface area contributed by atoms with Gasteiger partial charge in [0.25, 0.3) is 0 Å². The second-order valence-electron chi connectivity index (χ2n) is 5.97. The van der Waals surface area contributed by atoms with E-state index in [1.165, 1.54) is 6.42 Å². The summed E-state index contributed by atoms with van der Waals surface area (Å²) in [4.78, 5) is 16.0. The van der Waals surface area contributed by atoms with Gasteiger partial charge in [-0.3, -0.25) is 5.26 Å². The first-order valence-corrected chi connectivity index (χ1v) is 6.33. The Balaban J connectivity index is 2.00. The van der Waals surface area contributed by atoms with Gasteiger partial charge in [-0.1, -0.05) is 6.58 Å². The highest BCUT2D eigenvalue weighted by Gasteiger charge is 2.61. The lowest BCUT2D eigenvalue weighted by Gasteiger charge is -2.59. The van der Waals surface area contributed by atoms with Crippen molar-refractivity contribution in [3.05, 3.63) is 12.2 Å². The van der Waals surface area contributed by atoms with E-state index in [0.717, 1.165) is 25.7 Å². The third-order valence-electron chi connectivity index (χ3n) is 5.23. The molecule has 94 valence electrons. The van der Waals surface area contributed by atoms with Crippen molar-refractivity contribution in [2.75, 3.05) is 0 Å². The Morgan fingerprint density at radius 1 is 1.12 bits per heavy atom. The summed E-state index contributed by atoms with van der Waals surface area (Å²) in [6.45, 7) is 3.66. The van der Waals surface area contributed by atoms with Crippen LogP contribution in [0.5, 0.6) is 0 Å². The van der Waals surface area contributed by atoms with Crippen LogP contribution in [0.2, 0.25) is 0 Å². The molecule has 0 unspecified atom stereocenters. The fourth-order valence-corrected chi connectivity index (χ4v) is 4.75. The van der Waals surface area contributed by atoms with Crippen molar-refractivity contribution in [2.24, 2.45) is 23.7 Å². The molecule has 4 saturated carbocycles. The molecule has 4 aliphatic carbocycles. The van der Waals surface area contributed by atoms with Crippen molar-refractivity contribution < 1.29 is 20.0 Å². The number of hydrogen-bond donors (Lipinski definition) is 2. The summed E-state index contributed by atoms with van der Waals surface area (Å²) in [6.07, 6.45) is 5.16. The average molecular weight is 238 g/mol. The minimum absolute atomic E-state index is 0.0359. The maximum Gasteiger partial charge on any atom is 0.334 e. The molecule has 4 bridgehead atoms. The fraction of sp³-hybridized carbons (Fsp3) is 0.769. The van der Waals surface area contributed by atoms with Crippen LogP contribution in [0, 0.1) is 23.7 Å². The summed E-state index contributed by atoms with van der Waals surface area (Å²) in [7, 11) is 0. The van der Waals surface area contributed by atoms with Crippen LogP contribution in [0.4, 0.5) is 0 Å². The molecule has 0 aliphatic heterocycles. The third-order valence-corrected chi connectivity index (χ3v) is 5.23.